The normalized spacial score (nSPS) is 17.9. The zero-order chi connectivity index (χ0) is 13.9. The number of piperidine rings is 1. The van der Waals surface area contributed by atoms with Crippen molar-refractivity contribution in [2.24, 2.45) is 0 Å². The van der Waals surface area contributed by atoms with E-state index < -0.39 is 0 Å². The Balaban J connectivity index is 1.62. The molecule has 0 amide bonds. The first kappa shape index (κ1) is 13.4. The first-order chi connectivity index (χ1) is 9.74. The average molecular weight is 275 g/mol. The van der Waals surface area contributed by atoms with Gasteiger partial charge in [-0.25, -0.2) is 4.98 Å². The molecule has 20 heavy (non-hydrogen) atoms. The number of hydrogen-bond acceptors (Lipinski definition) is 5. The van der Waals surface area contributed by atoms with Crippen LogP contribution in [-0.4, -0.2) is 35.7 Å². The summed E-state index contributed by atoms with van der Waals surface area (Å²) in [5.74, 6) is 0.764. The van der Waals surface area contributed by atoms with Gasteiger partial charge in [0.05, 0.1) is 12.6 Å². The predicted molar refractivity (Wildman–Crippen MR) is 78.3 cm³/mol. The van der Waals surface area contributed by atoms with E-state index in [9.17, 15) is 0 Å². The van der Waals surface area contributed by atoms with Gasteiger partial charge in [0.15, 0.2) is 5.58 Å². The summed E-state index contributed by atoms with van der Waals surface area (Å²) in [6, 6.07) is 5.58. The van der Waals surface area contributed by atoms with Crippen molar-refractivity contribution in [1.82, 2.24) is 9.88 Å². The molecule has 0 aliphatic carbocycles. The summed E-state index contributed by atoms with van der Waals surface area (Å²) < 4.78 is 11.4. The molecule has 0 radical (unpaired) electrons. The molecule has 0 saturated carbocycles. The first-order valence-electron chi connectivity index (χ1n) is 7.23. The van der Waals surface area contributed by atoms with Gasteiger partial charge >= 0.3 is 0 Å². The smallest absolute Gasteiger partial charge is 0.209 e. The van der Waals surface area contributed by atoms with Crippen LogP contribution in [0.3, 0.4) is 0 Å². The SMILES string of the molecule is CCOC1CCN(Cc2nc3ccc(N)cc3o2)CC1. The van der Waals surface area contributed by atoms with Crippen molar-refractivity contribution in [3.8, 4) is 0 Å². The number of nitrogens with zero attached hydrogens (tertiary/aromatic N) is 2. The number of benzene rings is 1. The summed E-state index contributed by atoms with van der Waals surface area (Å²) in [6.45, 7) is 5.68. The van der Waals surface area contributed by atoms with Crippen molar-refractivity contribution in [1.29, 1.82) is 0 Å². The van der Waals surface area contributed by atoms with Gasteiger partial charge in [-0.2, -0.15) is 0 Å². The lowest BCUT2D eigenvalue weighted by molar-refractivity contribution is 0.0109. The molecule has 5 heteroatoms. The molecule has 2 heterocycles. The molecule has 0 atom stereocenters. The van der Waals surface area contributed by atoms with Gasteiger partial charge in [-0.05, 0) is 31.9 Å². The molecule has 1 saturated heterocycles. The Kier molecular flexibility index (Phi) is 3.89. The number of likely N-dealkylation sites (tertiary alicyclic amines) is 1. The second-order valence-electron chi connectivity index (χ2n) is 5.27. The second kappa shape index (κ2) is 5.81. The molecule has 108 valence electrons. The lowest BCUT2D eigenvalue weighted by Gasteiger charge is -2.30. The third-order valence-corrected chi connectivity index (χ3v) is 3.75. The fraction of sp³-hybridized carbons (Fsp3) is 0.533. The van der Waals surface area contributed by atoms with Crippen molar-refractivity contribution < 1.29 is 9.15 Å². The van der Waals surface area contributed by atoms with E-state index in [0.29, 0.717) is 11.8 Å². The van der Waals surface area contributed by atoms with Crippen LogP contribution in [0.1, 0.15) is 25.7 Å². The minimum Gasteiger partial charge on any atom is -0.439 e. The molecular formula is C15H21N3O2. The van der Waals surface area contributed by atoms with Crippen molar-refractivity contribution in [3.05, 3.63) is 24.1 Å². The van der Waals surface area contributed by atoms with Crippen LogP contribution in [0.4, 0.5) is 5.69 Å². The summed E-state index contributed by atoms with van der Waals surface area (Å²) in [4.78, 5) is 6.87. The topological polar surface area (TPSA) is 64.5 Å². The van der Waals surface area contributed by atoms with E-state index >= 15 is 0 Å². The molecule has 0 unspecified atom stereocenters. The molecule has 1 fully saturated rings. The van der Waals surface area contributed by atoms with Gasteiger partial charge in [-0.15, -0.1) is 0 Å². The third-order valence-electron chi connectivity index (χ3n) is 3.75. The minimum absolute atomic E-state index is 0.416. The van der Waals surface area contributed by atoms with E-state index in [1.807, 2.05) is 18.2 Å². The van der Waals surface area contributed by atoms with Crippen LogP contribution in [0.25, 0.3) is 11.1 Å². The zero-order valence-electron chi connectivity index (χ0n) is 11.8. The highest BCUT2D eigenvalue weighted by Gasteiger charge is 2.20. The van der Waals surface area contributed by atoms with Crippen molar-refractivity contribution in [2.75, 3.05) is 25.4 Å². The number of anilines is 1. The maximum absolute atomic E-state index is 5.76. The van der Waals surface area contributed by atoms with Gasteiger partial charge in [0.1, 0.15) is 5.52 Å². The molecule has 3 rings (SSSR count). The molecule has 0 spiro atoms. The Bertz CT molecular complexity index is 574. The number of ether oxygens (including phenoxy) is 1. The molecule has 1 aromatic heterocycles. The Morgan fingerprint density at radius 3 is 2.95 bits per heavy atom. The molecule has 0 bridgehead atoms. The number of rotatable bonds is 4. The predicted octanol–water partition coefficient (Wildman–Crippen LogP) is 2.41. The van der Waals surface area contributed by atoms with E-state index in [2.05, 4.69) is 16.8 Å². The lowest BCUT2D eigenvalue weighted by atomic mass is 10.1. The fourth-order valence-electron chi connectivity index (χ4n) is 2.72. The Morgan fingerprint density at radius 2 is 2.20 bits per heavy atom. The van der Waals surface area contributed by atoms with Crippen LogP contribution >= 0.6 is 0 Å². The number of nitrogens with two attached hydrogens (primary N) is 1. The van der Waals surface area contributed by atoms with E-state index in [0.717, 1.165) is 56.1 Å². The summed E-state index contributed by atoms with van der Waals surface area (Å²) in [5.41, 5.74) is 8.10. The molecular weight excluding hydrogens is 254 g/mol. The van der Waals surface area contributed by atoms with Crippen LogP contribution in [0.15, 0.2) is 22.6 Å². The largest absolute Gasteiger partial charge is 0.439 e. The highest BCUT2D eigenvalue weighted by molar-refractivity contribution is 5.76. The van der Waals surface area contributed by atoms with E-state index in [1.54, 1.807) is 0 Å². The lowest BCUT2D eigenvalue weighted by Crippen LogP contribution is -2.36. The van der Waals surface area contributed by atoms with Crippen LogP contribution in [-0.2, 0) is 11.3 Å². The van der Waals surface area contributed by atoms with E-state index in [1.165, 1.54) is 0 Å². The maximum atomic E-state index is 5.76. The average Bonchev–Trinajstić information content (AvgIpc) is 2.82. The molecule has 2 N–H and O–H groups in total. The van der Waals surface area contributed by atoms with Gasteiger partial charge < -0.3 is 14.9 Å². The summed E-state index contributed by atoms with van der Waals surface area (Å²) in [6.07, 6.45) is 2.59. The number of nitrogen functional groups attached to an aromatic ring is 1. The van der Waals surface area contributed by atoms with Crippen molar-refractivity contribution in [3.63, 3.8) is 0 Å². The van der Waals surface area contributed by atoms with Crippen molar-refractivity contribution >= 4 is 16.8 Å². The van der Waals surface area contributed by atoms with Gasteiger partial charge in [0.2, 0.25) is 5.89 Å². The highest BCUT2D eigenvalue weighted by Crippen LogP contribution is 2.21. The molecule has 2 aromatic rings. The highest BCUT2D eigenvalue weighted by atomic mass is 16.5. The summed E-state index contributed by atoms with van der Waals surface area (Å²) in [5, 5.41) is 0. The number of fused-ring (bicyclic) bond motifs is 1. The van der Waals surface area contributed by atoms with Gasteiger partial charge in [0.25, 0.3) is 0 Å². The summed E-state index contributed by atoms with van der Waals surface area (Å²) >= 11 is 0. The quantitative estimate of drug-likeness (QED) is 0.868. The fourth-order valence-corrected chi connectivity index (χ4v) is 2.72. The Hall–Kier alpha value is -1.59. The molecule has 1 aliphatic rings. The Morgan fingerprint density at radius 1 is 1.40 bits per heavy atom. The summed E-state index contributed by atoms with van der Waals surface area (Å²) in [7, 11) is 0. The Labute approximate surface area is 118 Å². The maximum Gasteiger partial charge on any atom is 0.209 e. The number of oxazole rings is 1. The number of hydrogen-bond donors (Lipinski definition) is 1. The van der Waals surface area contributed by atoms with E-state index in [4.69, 9.17) is 14.9 Å². The van der Waals surface area contributed by atoms with Crippen molar-refractivity contribution in [2.45, 2.75) is 32.4 Å². The van der Waals surface area contributed by atoms with Gasteiger partial charge in [0, 0.05) is 31.5 Å². The third kappa shape index (κ3) is 2.94. The zero-order valence-corrected chi connectivity index (χ0v) is 11.8. The van der Waals surface area contributed by atoms with E-state index in [-0.39, 0.29) is 0 Å². The number of aromatic nitrogens is 1. The van der Waals surface area contributed by atoms with Gasteiger partial charge in [-0.3, -0.25) is 4.90 Å². The second-order valence-corrected chi connectivity index (χ2v) is 5.27. The van der Waals surface area contributed by atoms with Crippen LogP contribution in [0, 0.1) is 0 Å². The van der Waals surface area contributed by atoms with Crippen LogP contribution in [0.5, 0.6) is 0 Å². The van der Waals surface area contributed by atoms with Crippen LogP contribution in [0.2, 0.25) is 0 Å². The molecule has 5 nitrogen and oxygen atoms in total. The standard InChI is InChI=1S/C15H21N3O2/c1-2-19-12-5-7-18(8-6-12)10-15-17-13-4-3-11(16)9-14(13)20-15/h3-4,9,12H,2,5-8,10,16H2,1H3. The van der Waals surface area contributed by atoms with Gasteiger partial charge in [-0.1, -0.05) is 0 Å². The van der Waals surface area contributed by atoms with Crippen LogP contribution < -0.4 is 5.73 Å². The minimum atomic E-state index is 0.416. The molecule has 1 aliphatic heterocycles. The monoisotopic (exact) mass is 275 g/mol. The molecule has 1 aromatic carbocycles. The first-order valence-corrected chi connectivity index (χ1v) is 7.23.